The van der Waals surface area contributed by atoms with E-state index in [1.807, 2.05) is 36.9 Å². The van der Waals surface area contributed by atoms with Crippen molar-refractivity contribution in [1.82, 2.24) is 19.7 Å². The summed E-state index contributed by atoms with van der Waals surface area (Å²) in [6, 6.07) is 11.5. The van der Waals surface area contributed by atoms with Gasteiger partial charge in [0.05, 0.1) is 34.6 Å². The van der Waals surface area contributed by atoms with Crippen molar-refractivity contribution < 1.29 is 14.3 Å². The molecule has 8 heteroatoms. The van der Waals surface area contributed by atoms with E-state index in [0.29, 0.717) is 5.69 Å². The first-order chi connectivity index (χ1) is 16.0. The molecule has 4 aromatic rings. The minimum Gasteiger partial charge on any atom is -0.508 e. The topological polar surface area (TPSA) is 72.1 Å². The highest BCUT2D eigenvalue weighted by molar-refractivity contribution is 6.30. The molecule has 2 aromatic carbocycles. The number of hydrogen-bond donors (Lipinski definition) is 2. The van der Waals surface area contributed by atoms with Gasteiger partial charge in [-0.3, -0.25) is 4.79 Å². The van der Waals surface area contributed by atoms with Gasteiger partial charge in [-0.25, -0.2) is 9.07 Å². The van der Waals surface area contributed by atoms with Gasteiger partial charge in [0.15, 0.2) is 0 Å². The van der Waals surface area contributed by atoms with Crippen molar-refractivity contribution in [1.29, 1.82) is 0 Å². The predicted octanol–water partition coefficient (Wildman–Crippen LogP) is 5.58. The van der Waals surface area contributed by atoms with E-state index >= 15 is 0 Å². The van der Waals surface area contributed by atoms with Gasteiger partial charge in [0.2, 0.25) is 5.91 Å². The molecule has 1 amide bonds. The highest BCUT2D eigenvalue weighted by Crippen LogP contribution is 2.30. The van der Waals surface area contributed by atoms with Crippen LogP contribution in [0.25, 0.3) is 16.6 Å². The van der Waals surface area contributed by atoms with E-state index in [9.17, 15) is 14.3 Å². The number of nitrogens with zero attached hydrogens (tertiary/aromatic N) is 3. The number of halogens is 2. The number of aromatic nitrogens is 3. The molecular weight excluding hydrogens is 455 g/mol. The molecule has 178 valence electrons. The lowest BCUT2D eigenvalue weighted by atomic mass is 9.92. The Kier molecular flexibility index (Phi) is 6.16. The van der Waals surface area contributed by atoms with E-state index < -0.39 is 11.7 Å². The number of benzene rings is 2. The second-order valence-corrected chi connectivity index (χ2v) is 10.0. The van der Waals surface area contributed by atoms with Crippen molar-refractivity contribution >= 4 is 28.4 Å². The maximum Gasteiger partial charge on any atom is 0.227 e. The van der Waals surface area contributed by atoms with Crippen molar-refractivity contribution in [3.05, 3.63) is 76.5 Å². The minimum atomic E-state index is -0.501. The van der Waals surface area contributed by atoms with Crippen LogP contribution in [0.4, 0.5) is 4.39 Å². The number of carbonyl (C=O) groups is 1. The van der Waals surface area contributed by atoms with Gasteiger partial charge in [0, 0.05) is 29.6 Å². The summed E-state index contributed by atoms with van der Waals surface area (Å²) in [5.41, 5.74) is 3.77. The Morgan fingerprint density at radius 2 is 1.94 bits per heavy atom. The third-order valence-electron chi connectivity index (χ3n) is 6.01. The fourth-order valence-electron chi connectivity index (χ4n) is 3.98. The Morgan fingerprint density at radius 3 is 2.62 bits per heavy atom. The standard InChI is InChI=1S/C26H28ClFN4O2/c1-15(20-14-31(5)23-9-7-18(33)12-19(20)23)25(34)29-13-17-11-24(26(2,3)4)30-32(17)16-6-8-22(28)21(27)10-16/h6-12,14-15,33H,13H2,1-5H3,(H,29,34). The number of amides is 1. The molecule has 34 heavy (non-hydrogen) atoms. The van der Waals surface area contributed by atoms with Gasteiger partial charge in [0.25, 0.3) is 0 Å². The molecule has 6 nitrogen and oxygen atoms in total. The summed E-state index contributed by atoms with van der Waals surface area (Å²) < 4.78 is 17.3. The van der Waals surface area contributed by atoms with Gasteiger partial charge >= 0.3 is 0 Å². The van der Waals surface area contributed by atoms with Crippen molar-refractivity contribution in [2.45, 2.75) is 45.6 Å². The monoisotopic (exact) mass is 482 g/mol. The predicted molar refractivity (Wildman–Crippen MR) is 132 cm³/mol. The Hall–Kier alpha value is -3.32. The van der Waals surface area contributed by atoms with Gasteiger partial charge in [-0.05, 0) is 55.0 Å². The van der Waals surface area contributed by atoms with Crippen LogP contribution in [-0.2, 0) is 23.8 Å². The van der Waals surface area contributed by atoms with Crippen LogP contribution in [0, 0.1) is 5.82 Å². The van der Waals surface area contributed by atoms with Crippen LogP contribution in [0.15, 0.2) is 48.7 Å². The number of aryl methyl sites for hydroxylation is 1. The molecule has 0 aliphatic carbocycles. The van der Waals surface area contributed by atoms with Crippen LogP contribution in [0.5, 0.6) is 5.75 Å². The normalized spacial score (nSPS) is 12.8. The van der Waals surface area contributed by atoms with Crippen molar-refractivity contribution in [3.8, 4) is 11.4 Å². The Labute approximate surface area is 203 Å². The van der Waals surface area contributed by atoms with Gasteiger partial charge in [-0.2, -0.15) is 5.10 Å². The highest BCUT2D eigenvalue weighted by atomic mass is 35.5. The molecule has 0 fully saturated rings. The van der Waals surface area contributed by atoms with Gasteiger partial charge < -0.3 is 15.0 Å². The Morgan fingerprint density at radius 1 is 1.21 bits per heavy atom. The molecule has 1 unspecified atom stereocenters. The molecule has 2 heterocycles. The summed E-state index contributed by atoms with van der Waals surface area (Å²) in [5.74, 6) is -0.940. The fourth-order valence-corrected chi connectivity index (χ4v) is 4.15. The first-order valence-corrected chi connectivity index (χ1v) is 11.4. The molecule has 0 saturated heterocycles. The van der Waals surface area contributed by atoms with Crippen molar-refractivity contribution in [3.63, 3.8) is 0 Å². The molecule has 0 saturated carbocycles. The number of aromatic hydroxyl groups is 1. The van der Waals surface area contributed by atoms with Crippen LogP contribution in [0.2, 0.25) is 5.02 Å². The molecule has 0 aliphatic heterocycles. The number of phenolic OH excluding ortho intramolecular Hbond substituents is 1. The van der Waals surface area contributed by atoms with E-state index in [0.717, 1.165) is 27.9 Å². The minimum absolute atomic E-state index is 0.00752. The number of phenols is 1. The molecule has 1 atom stereocenters. The quantitative estimate of drug-likeness (QED) is 0.390. The second kappa shape index (κ2) is 8.80. The molecule has 0 bridgehead atoms. The number of nitrogens with one attached hydrogen (secondary N) is 1. The Balaban J connectivity index is 1.62. The summed E-state index contributed by atoms with van der Waals surface area (Å²) in [5, 5.41) is 18.5. The zero-order valence-electron chi connectivity index (χ0n) is 19.9. The molecule has 0 spiro atoms. The highest BCUT2D eigenvalue weighted by Gasteiger charge is 2.23. The molecular formula is C26H28ClFN4O2. The lowest BCUT2D eigenvalue weighted by Gasteiger charge is -2.14. The van der Waals surface area contributed by atoms with Gasteiger partial charge in [-0.1, -0.05) is 32.4 Å². The van der Waals surface area contributed by atoms with Crippen LogP contribution in [0.3, 0.4) is 0 Å². The molecule has 4 rings (SSSR count). The summed E-state index contributed by atoms with van der Waals surface area (Å²) in [6.45, 7) is 8.23. The average molecular weight is 483 g/mol. The first kappa shape index (κ1) is 23.8. The lowest BCUT2D eigenvalue weighted by Crippen LogP contribution is -2.28. The summed E-state index contributed by atoms with van der Waals surface area (Å²) in [6.07, 6.45) is 1.91. The Bertz CT molecular complexity index is 1380. The summed E-state index contributed by atoms with van der Waals surface area (Å²) >= 11 is 6.00. The summed E-state index contributed by atoms with van der Waals surface area (Å²) in [4.78, 5) is 13.1. The summed E-state index contributed by atoms with van der Waals surface area (Å²) in [7, 11) is 1.91. The SMILES string of the molecule is CC(C(=O)NCc1cc(C(C)(C)C)nn1-c1ccc(F)c(Cl)c1)c1cn(C)c2ccc(O)cc12. The van der Waals surface area contributed by atoms with Crippen LogP contribution < -0.4 is 5.32 Å². The molecule has 0 aliphatic rings. The van der Waals surface area contributed by atoms with Gasteiger partial charge in [-0.15, -0.1) is 0 Å². The largest absolute Gasteiger partial charge is 0.508 e. The number of rotatable bonds is 5. The second-order valence-electron chi connectivity index (χ2n) is 9.62. The van der Waals surface area contributed by atoms with Crippen LogP contribution in [0.1, 0.15) is 50.6 Å². The van der Waals surface area contributed by atoms with E-state index in [1.165, 1.54) is 12.1 Å². The molecule has 0 radical (unpaired) electrons. The zero-order chi connectivity index (χ0) is 24.8. The average Bonchev–Trinajstić information content (AvgIpc) is 3.35. The maximum absolute atomic E-state index is 13.7. The first-order valence-electron chi connectivity index (χ1n) is 11.1. The van der Waals surface area contributed by atoms with E-state index in [4.69, 9.17) is 16.7 Å². The maximum atomic E-state index is 13.7. The van der Waals surface area contributed by atoms with E-state index in [1.54, 1.807) is 22.9 Å². The van der Waals surface area contributed by atoms with Gasteiger partial charge in [0.1, 0.15) is 11.6 Å². The van der Waals surface area contributed by atoms with Crippen LogP contribution >= 0.6 is 11.6 Å². The smallest absolute Gasteiger partial charge is 0.227 e. The third-order valence-corrected chi connectivity index (χ3v) is 6.30. The van der Waals surface area contributed by atoms with Crippen LogP contribution in [-0.4, -0.2) is 25.4 Å². The number of carbonyl (C=O) groups excluding carboxylic acids is 1. The zero-order valence-corrected chi connectivity index (χ0v) is 20.6. The fraction of sp³-hybridized carbons (Fsp3) is 0.308. The lowest BCUT2D eigenvalue weighted by molar-refractivity contribution is -0.122. The van der Waals surface area contributed by atoms with Crippen molar-refractivity contribution in [2.24, 2.45) is 7.05 Å². The third kappa shape index (κ3) is 4.53. The van der Waals surface area contributed by atoms with Crippen molar-refractivity contribution in [2.75, 3.05) is 0 Å². The van der Waals surface area contributed by atoms with E-state index in [-0.39, 0.29) is 28.6 Å². The molecule has 2 aromatic heterocycles. The van der Waals surface area contributed by atoms with E-state index in [2.05, 4.69) is 26.1 Å². The number of hydrogen-bond acceptors (Lipinski definition) is 3. The number of fused-ring (bicyclic) bond motifs is 1. The molecule has 2 N–H and O–H groups in total.